The van der Waals surface area contributed by atoms with Crippen LogP contribution in [0.5, 0.6) is 0 Å². The summed E-state index contributed by atoms with van der Waals surface area (Å²) in [7, 11) is 2.14. The van der Waals surface area contributed by atoms with Crippen LogP contribution in [0.1, 0.15) is 42.6 Å². The van der Waals surface area contributed by atoms with Gasteiger partial charge in [0.25, 0.3) is 5.91 Å². The van der Waals surface area contributed by atoms with Crippen LogP contribution in [0.15, 0.2) is 24.3 Å². The number of rotatable bonds is 6. The molecule has 0 bridgehead atoms. The molecule has 4 heteroatoms. The van der Waals surface area contributed by atoms with Gasteiger partial charge in [-0.1, -0.05) is 26.0 Å². The molecule has 0 spiro atoms. The van der Waals surface area contributed by atoms with Gasteiger partial charge in [-0.25, -0.2) is 5.84 Å². The van der Waals surface area contributed by atoms with Crippen LogP contribution in [0.3, 0.4) is 0 Å². The highest BCUT2D eigenvalue weighted by Crippen LogP contribution is 2.12. The van der Waals surface area contributed by atoms with Gasteiger partial charge in [0.1, 0.15) is 0 Å². The first kappa shape index (κ1) is 14.7. The Morgan fingerprint density at radius 3 is 2.28 bits per heavy atom. The molecular weight excluding hydrogens is 226 g/mol. The molecule has 0 fully saturated rings. The largest absolute Gasteiger partial charge is 0.299 e. The number of amides is 1. The summed E-state index contributed by atoms with van der Waals surface area (Å²) < 4.78 is 0. The van der Waals surface area contributed by atoms with Gasteiger partial charge in [0.15, 0.2) is 0 Å². The quantitative estimate of drug-likeness (QED) is 0.460. The molecule has 1 rings (SSSR count). The van der Waals surface area contributed by atoms with Crippen molar-refractivity contribution in [3.63, 3.8) is 0 Å². The molecule has 3 N–H and O–H groups in total. The van der Waals surface area contributed by atoms with Crippen molar-refractivity contribution in [2.75, 3.05) is 7.05 Å². The first-order chi connectivity index (χ1) is 8.62. The molecule has 4 nitrogen and oxygen atoms in total. The minimum absolute atomic E-state index is 0.255. The van der Waals surface area contributed by atoms with E-state index >= 15 is 0 Å². The average molecular weight is 249 g/mol. The van der Waals surface area contributed by atoms with Crippen LogP contribution in [0.4, 0.5) is 0 Å². The maximum Gasteiger partial charge on any atom is 0.265 e. The van der Waals surface area contributed by atoms with Crippen LogP contribution in [-0.2, 0) is 6.54 Å². The molecule has 0 aliphatic rings. The molecule has 18 heavy (non-hydrogen) atoms. The van der Waals surface area contributed by atoms with Gasteiger partial charge in [-0.2, -0.15) is 0 Å². The van der Waals surface area contributed by atoms with E-state index in [9.17, 15) is 4.79 Å². The molecule has 0 saturated carbocycles. The maximum atomic E-state index is 11.3. The van der Waals surface area contributed by atoms with Crippen molar-refractivity contribution in [2.24, 2.45) is 5.84 Å². The summed E-state index contributed by atoms with van der Waals surface area (Å²) in [5.41, 5.74) is 3.92. The Hall–Kier alpha value is -1.39. The predicted octanol–water partition coefficient (Wildman–Crippen LogP) is 1.91. The van der Waals surface area contributed by atoms with E-state index in [1.54, 1.807) is 12.1 Å². The molecule has 0 atom stereocenters. The second-order valence-electron chi connectivity index (χ2n) is 4.56. The molecule has 0 aromatic heterocycles. The molecule has 0 aliphatic carbocycles. The van der Waals surface area contributed by atoms with Crippen molar-refractivity contribution in [3.8, 4) is 0 Å². The van der Waals surface area contributed by atoms with E-state index < -0.39 is 0 Å². The second-order valence-corrected chi connectivity index (χ2v) is 4.56. The van der Waals surface area contributed by atoms with E-state index in [1.165, 1.54) is 5.56 Å². The fourth-order valence-electron chi connectivity index (χ4n) is 2.17. The van der Waals surface area contributed by atoms with Gasteiger partial charge in [0, 0.05) is 18.2 Å². The lowest BCUT2D eigenvalue weighted by atomic mass is 10.1. The van der Waals surface area contributed by atoms with Gasteiger partial charge in [-0.3, -0.25) is 15.1 Å². The summed E-state index contributed by atoms with van der Waals surface area (Å²) in [6.45, 7) is 5.32. The molecular formula is C14H23N3O. The lowest BCUT2D eigenvalue weighted by Gasteiger charge is -2.26. The minimum Gasteiger partial charge on any atom is -0.299 e. The summed E-state index contributed by atoms with van der Waals surface area (Å²) in [5.74, 6) is 4.84. The first-order valence-electron chi connectivity index (χ1n) is 6.42. The zero-order chi connectivity index (χ0) is 13.5. The van der Waals surface area contributed by atoms with Crippen molar-refractivity contribution < 1.29 is 4.79 Å². The van der Waals surface area contributed by atoms with Crippen molar-refractivity contribution in [1.29, 1.82) is 0 Å². The highest BCUT2D eigenvalue weighted by Gasteiger charge is 2.11. The normalized spacial score (nSPS) is 11.0. The number of nitrogens with zero attached hydrogens (tertiary/aromatic N) is 1. The van der Waals surface area contributed by atoms with Crippen molar-refractivity contribution in [1.82, 2.24) is 10.3 Å². The molecule has 100 valence electrons. The lowest BCUT2D eigenvalue weighted by Crippen LogP contribution is -2.30. The number of nitrogens with two attached hydrogens (primary N) is 1. The highest BCUT2D eigenvalue weighted by atomic mass is 16.2. The number of hydrogen-bond acceptors (Lipinski definition) is 3. The molecule has 0 saturated heterocycles. The van der Waals surface area contributed by atoms with Gasteiger partial charge in [-0.05, 0) is 37.6 Å². The standard InChI is InChI=1S/C14H23N3O/c1-4-13(5-2)17(3)10-11-6-8-12(9-7-11)14(18)16-15/h6-9,13H,4-5,10,15H2,1-3H3,(H,16,18). The van der Waals surface area contributed by atoms with E-state index in [1.807, 2.05) is 12.1 Å². The molecule has 1 aromatic carbocycles. The Balaban J connectivity index is 2.66. The van der Waals surface area contributed by atoms with E-state index in [2.05, 4.69) is 31.2 Å². The zero-order valence-electron chi connectivity index (χ0n) is 11.4. The number of nitrogens with one attached hydrogen (secondary N) is 1. The lowest BCUT2D eigenvalue weighted by molar-refractivity contribution is 0.0953. The Bertz CT molecular complexity index is 371. The third-order valence-electron chi connectivity index (χ3n) is 3.35. The first-order valence-corrected chi connectivity index (χ1v) is 6.42. The van der Waals surface area contributed by atoms with Crippen LogP contribution in [-0.4, -0.2) is 23.9 Å². The predicted molar refractivity (Wildman–Crippen MR) is 73.9 cm³/mol. The monoisotopic (exact) mass is 249 g/mol. The number of carbonyl (C=O) groups excluding carboxylic acids is 1. The SMILES string of the molecule is CCC(CC)N(C)Cc1ccc(C(=O)NN)cc1. The van der Waals surface area contributed by atoms with E-state index in [0.29, 0.717) is 11.6 Å². The van der Waals surface area contributed by atoms with Crippen LogP contribution in [0.2, 0.25) is 0 Å². The van der Waals surface area contributed by atoms with Crippen molar-refractivity contribution in [3.05, 3.63) is 35.4 Å². The molecule has 0 heterocycles. The van der Waals surface area contributed by atoms with Gasteiger partial charge in [0.05, 0.1) is 0 Å². The van der Waals surface area contributed by atoms with Gasteiger partial charge in [0.2, 0.25) is 0 Å². The van der Waals surface area contributed by atoms with Crippen molar-refractivity contribution in [2.45, 2.75) is 39.3 Å². The Labute approximate surface area is 109 Å². The number of hydrazine groups is 1. The van der Waals surface area contributed by atoms with E-state index in [4.69, 9.17) is 5.84 Å². The van der Waals surface area contributed by atoms with E-state index in [-0.39, 0.29) is 5.91 Å². The van der Waals surface area contributed by atoms with Crippen LogP contribution in [0, 0.1) is 0 Å². The molecule has 1 amide bonds. The summed E-state index contributed by atoms with van der Waals surface area (Å²) >= 11 is 0. The van der Waals surface area contributed by atoms with Crippen LogP contribution >= 0.6 is 0 Å². The number of carbonyl (C=O) groups is 1. The summed E-state index contributed by atoms with van der Waals surface area (Å²) in [6.07, 6.45) is 2.31. The maximum absolute atomic E-state index is 11.3. The Morgan fingerprint density at radius 2 is 1.83 bits per heavy atom. The van der Waals surface area contributed by atoms with E-state index in [0.717, 1.165) is 19.4 Å². The third kappa shape index (κ3) is 3.82. The number of nitrogen functional groups attached to an aromatic ring is 1. The van der Waals surface area contributed by atoms with Gasteiger partial charge in [-0.15, -0.1) is 0 Å². The fourth-order valence-corrected chi connectivity index (χ4v) is 2.17. The minimum atomic E-state index is -0.255. The van der Waals surface area contributed by atoms with Gasteiger partial charge >= 0.3 is 0 Å². The second kappa shape index (κ2) is 7.13. The Morgan fingerprint density at radius 1 is 1.28 bits per heavy atom. The van der Waals surface area contributed by atoms with Crippen LogP contribution in [0.25, 0.3) is 0 Å². The smallest absolute Gasteiger partial charge is 0.265 e. The summed E-state index contributed by atoms with van der Waals surface area (Å²) in [4.78, 5) is 13.6. The summed E-state index contributed by atoms with van der Waals surface area (Å²) in [6, 6.07) is 8.17. The molecule has 1 aromatic rings. The van der Waals surface area contributed by atoms with Crippen molar-refractivity contribution >= 4 is 5.91 Å². The molecule has 0 aliphatic heterocycles. The number of benzene rings is 1. The highest BCUT2D eigenvalue weighted by molar-refractivity contribution is 5.93. The number of hydrogen-bond donors (Lipinski definition) is 2. The zero-order valence-corrected chi connectivity index (χ0v) is 11.4. The topological polar surface area (TPSA) is 58.4 Å². The van der Waals surface area contributed by atoms with Crippen LogP contribution < -0.4 is 11.3 Å². The van der Waals surface area contributed by atoms with Gasteiger partial charge < -0.3 is 0 Å². The third-order valence-corrected chi connectivity index (χ3v) is 3.35. The Kier molecular flexibility index (Phi) is 5.82. The molecule has 0 unspecified atom stereocenters. The average Bonchev–Trinajstić information content (AvgIpc) is 2.40. The summed E-state index contributed by atoms with van der Waals surface area (Å²) in [5, 5.41) is 0. The molecule has 0 radical (unpaired) electrons. The fraction of sp³-hybridized carbons (Fsp3) is 0.500.